The van der Waals surface area contributed by atoms with E-state index < -0.39 is 5.82 Å². The summed E-state index contributed by atoms with van der Waals surface area (Å²) in [4.78, 5) is 21.6. The van der Waals surface area contributed by atoms with Crippen LogP contribution in [0.25, 0.3) is 10.2 Å². The van der Waals surface area contributed by atoms with Crippen molar-refractivity contribution < 1.29 is 9.18 Å². The van der Waals surface area contributed by atoms with Gasteiger partial charge >= 0.3 is 0 Å². The molecule has 0 fully saturated rings. The minimum atomic E-state index is -0.430. The van der Waals surface area contributed by atoms with Gasteiger partial charge in [0, 0.05) is 23.7 Å². The van der Waals surface area contributed by atoms with E-state index in [1.165, 1.54) is 23.5 Å². The van der Waals surface area contributed by atoms with Gasteiger partial charge in [-0.1, -0.05) is 42.9 Å². The lowest BCUT2D eigenvalue weighted by Crippen LogP contribution is -2.38. The highest BCUT2D eigenvalue weighted by Crippen LogP contribution is 2.31. The van der Waals surface area contributed by atoms with Gasteiger partial charge in [0.1, 0.15) is 5.82 Å². The molecule has 0 radical (unpaired) electrons. The van der Waals surface area contributed by atoms with E-state index in [2.05, 4.69) is 23.7 Å². The van der Waals surface area contributed by atoms with Crippen molar-refractivity contribution in [2.75, 3.05) is 31.1 Å². The summed E-state index contributed by atoms with van der Waals surface area (Å²) in [5, 5.41) is 1.22. The molecule has 0 aliphatic rings. The zero-order valence-electron chi connectivity index (χ0n) is 15.3. The molecule has 0 aliphatic heterocycles. The quantitative estimate of drug-likeness (QED) is 0.550. The number of rotatable bonds is 7. The van der Waals surface area contributed by atoms with Crippen LogP contribution in [0.3, 0.4) is 0 Å². The van der Waals surface area contributed by atoms with Crippen LogP contribution in [0.2, 0.25) is 5.02 Å². The predicted octanol–water partition coefficient (Wildman–Crippen LogP) is 5.08. The molecule has 0 atom stereocenters. The number of thiazole rings is 1. The number of likely N-dealkylation sites (N-methyl/N-ethyl adjacent to an activating group) is 1. The molecule has 27 heavy (non-hydrogen) atoms. The second-order valence-electron chi connectivity index (χ2n) is 6.10. The third kappa shape index (κ3) is 4.64. The standard InChI is InChI=1S/C20H21ClFN3OS/c1-3-24(4-2)10-11-25(19(26)14-6-5-7-16(22)12-14)20-23-17-9-8-15(21)13-18(17)27-20/h5-9,12-13H,3-4,10-11H2,1-2H3. The second-order valence-corrected chi connectivity index (χ2v) is 7.55. The summed E-state index contributed by atoms with van der Waals surface area (Å²) < 4.78 is 14.5. The average molecular weight is 406 g/mol. The van der Waals surface area contributed by atoms with Gasteiger partial charge in [-0.2, -0.15) is 0 Å². The lowest BCUT2D eigenvalue weighted by molar-refractivity contribution is 0.0983. The van der Waals surface area contributed by atoms with Crippen molar-refractivity contribution in [3.8, 4) is 0 Å². The molecule has 1 aromatic heterocycles. The molecule has 142 valence electrons. The van der Waals surface area contributed by atoms with Crippen LogP contribution >= 0.6 is 22.9 Å². The van der Waals surface area contributed by atoms with E-state index >= 15 is 0 Å². The maximum Gasteiger partial charge on any atom is 0.260 e. The zero-order chi connectivity index (χ0) is 19.4. The highest BCUT2D eigenvalue weighted by Gasteiger charge is 2.22. The number of carbonyl (C=O) groups excluding carboxylic acids is 1. The molecule has 7 heteroatoms. The Labute approximate surface area is 167 Å². The van der Waals surface area contributed by atoms with Gasteiger partial charge in [-0.15, -0.1) is 0 Å². The van der Waals surface area contributed by atoms with Crippen LogP contribution in [0.1, 0.15) is 24.2 Å². The third-order valence-electron chi connectivity index (χ3n) is 4.42. The normalized spacial score (nSPS) is 11.3. The van der Waals surface area contributed by atoms with E-state index in [0.717, 1.165) is 23.3 Å². The predicted molar refractivity (Wildman–Crippen MR) is 110 cm³/mol. The molecular weight excluding hydrogens is 385 g/mol. The summed E-state index contributed by atoms with van der Waals surface area (Å²) in [6, 6.07) is 11.2. The molecule has 0 aliphatic carbocycles. The molecule has 0 spiro atoms. The van der Waals surface area contributed by atoms with Gasteiger partial charge in [0.05, 0.1) is 10.2 Å². The molecule has 3 rings (SSSR count). The SMILES string of the molecule is CCN(CC)CCN(C(=O)c1cccc(F)c1)c1nc2ccc(Cl)cc2s1. The number of nitrogens with zero attached hydrogens (tertiary/aromatic N) is 3. The third-order valence-corrected chi connectivity index (χ3v) is 5.70. The first kappa shape index (κ1) is 19.7. The summed E-state index contributed by atoms with van der Waals surface area (Å²) >= 11 is 7.48. The Hall–Kier alpha value is -2.02. The van der Waals surface area contributed by atoms with Crippen molar-refractivity contribution in [3.05, 3.63) is 58.9 Å². The summed E-state index contributed by atoms with van der Waals surface area (Å²) in [5.74, 6) is -0.688. The highest BCUT2D eigenvalue weighted by molar-refractivity contribution is 7.22. The van der Waals surface area contributed by atoms with Crippen LogP contribution in [-0.2, 0) is 0 Å². The number of hydrogen-bond donors (Lipinski definition) is 0. The fraction of sp³-hybridized carbons (Fsp3) is 0.300. The molecular formula is C20H21ClFN3OS. The maximum atomic E-state index is 13.6. The Bertz CT molecular complexity index is 942. The van der Waals surface area contributed by atoms with E-state index in [9.17, 15) is 9.18 Å². The topological polar surface area (TPSA) is 36.4 Å². The van der Waals surface area contributed by atoms with Crippen molar-refractivity contribution in [2.24, 2.45) is 0 Å². The average Bonchev–Trinajstić information content (AvgIpc) is 3.07. The van der Waals surface area contributed by atoms with Crippen LogP contribution in [0.4, 0.5) is 9.52 Å². The number of carbonyl (C=O) groups is 1. The fourth-order valence-corrected chi connectivity index (χ4v) is 4.11. The Morgan fingerprint density at radius 1 is 1.15 bits per heavy atom. The molecule has 0 unspecified atom stereocenters. The number of amides is 1. The Balaban J connectivity index is 1.96. The van der Waals surface area contributed by atoms with E-state index in [4.69, 9.17) is 11.6 Å². The van der Waals surface area contributed by atoms with Crippen LogP contribution in [0.15, 0.2) is 42.5 Å². The number of hydrogen-bond acceptors (Lipinski definition) is 4. The molecule has 3 aromatic rings. The Morgan fingerprint density at radius 3 is 2.63 bits per heavy atom. The lowest BCUT2D eigenvalue weighted by atomic mass is 10.2. The van der Waals surface area contributed by atoms with Gasteiger partial charge < -0.3 is 4.90 Å². The number of anilines is 1. The van der Waals surface area contributed by atoms with Gasteiger partial charge in [0.2, 0.25) is 0 Å². The van der Waals surface area contributed by atoms with Crippen molar-refractivity contribution in [1.82, 2.24) is 9.88 Å². The number of aromatic nitrogens is 1. The van der Waals surface area contributed by atoms with Crippen molar-refractivity contribution in [2.45, 2.75) is 13.8 Å². The van der Waals surface area contributed by atoms with Crippen LogP contribution < -0.4 is 4.90 Å². The summed E-state index contributed by atoms with van der Waals surface area (Å²) in [6.45, 7) is 7.15. The number of benzene rings is 2. The second kappa shape index (κ2) is 8.78. The molecule has 1 heterocycles. The first-order valence-corrected chi connectivity index (χ1v) is 10.1. The lowest BCUT2D eigenvalue weighted by Gasteiger charge is -2.24. The van der Waals surface area contributed by atoms with Crippen molar-refractivity contribution in [3.63, 3.8) is 0 Å². The number of fused-ring (bicyclic) bond motifs is 1. The molecule has 0 saturated heterocycles. The van der Waals surface area contributed by atoms with Crippen LogP contribution in [0.5, 0.6) is 0 Å². The Morgan fingerprint density at radius 2 is 1.93 bits per heavy atom. The van der Waals surface area contributed by atoms with Crippen LogP contribution in [0, 0.1) is 5.82 Å². The van der Waals surface area contributed by atoms with Gasteiger partial charge in [-0.05, 0) is 49.5 Å². The highest BCUT2D eigenvalue weighted by atomic mass is 35.5. The summed E-state index contributed by atoms with van der Waals surface area (Å²) in [6.07, 6.45) is 0. The molecule has 4 nitrogen and oxygen atoms in total. The van der Waals surface area contributed by atoms with Crippen molar-refractivity contribution in [1.29, 1.82) is 0 Å². The maximum absolute atomic E-state index is 13.6. The minimum absolute atomic E-state index is 0.258. The first-order chi connectivity index (χ1) is 13.0. The van der Waals surface area contributed by atoms with E-state index in [-0.39, 0.29) is 5.91 Å². The minimum Gasteiger partial charge on any atom is -0.302 e. The largest absolute Gasteiger partial charge is 0.302 e. The van der Waals surface area contributed by atoms with Gasteiger partial charge in [-0.3, -0.25) is 9.69 Å². The van der Waals surface area contributed by atoms with E-state index in [1.807, 2.05) is 12.1 Å². The smallest absolute Gasteiger partial charge is 0.260 e. The molecule has 0 saturated carbocycles. The summed E-state index contributed by atoms with van der Waals surface area (Å²) in [7, 11) is 0. The van der Waals surface area contributed by atoms with E-state index in [1.54, 1.807) is 23.1 Å². The number of halogens is 2. The monoisotopic (exact) mass is 405 g/mol. The van der Waals surface area contributed by atoms with E-state index in [0.29, 0.717) is 28.8 Å². The van der Waals surface area contributed by atoms with Crippen LogP contribution in [-0.4, -0.2) is 42.0 Å². The fourth-order valence-electron chi connectivity index (χ4n) is 2.84. The molecule has 0 N–H and O–H groups in total. The molecule has 0 bridgehead atoms. The molecule has 2 aromatic carbocycles. The first-order valence-electron chi connectivity index (χ1n) is 8.87. The van der Waals surface area contributed by atoms with Gasteiger partial charge in [-0.25, -0.2) is 9.37 Å². The Kier molecular flexibility index (Phi) is 6.42. The van der Waals surface area contributed by atoms with Crippen molar-refractivity contribution >= 4 is 44.2 Å². The zero-order valence-corrected chi connectivity index (χ0v) is 16.9. The van der Waals surface area contributed by atoms with Gasteiger partial charge in [0.15, 0.2) is 5.13 Å². The molecule has 1 amide bonds. The summed E-state index contributed by atoms with van der Waals surface area (Å²) in [5.41, 5.74) is 1.10. The van der Waals surface area contributed by atoms with Gasteiger partial charge in [0.25, 0.3) is 5.91 Å².